The van der Waals surface area contributed by atoms with Gasteiger partial charge in [-0.3, -0.25) is 4.98 Å². The normalized spacial score (nSPS) is 10.7. The highest BCUT2D eigenvalue weighted by atomic mass is 16.5. The van der Waals surface area contributed by atoms with Crippen molar-refractivity contribution in [1.82, 2.24) is 14.8 Å². The van der Waals surface area contributed by atoms with E-state index < -0.39 is 11.9 Å². The average Bonchev–Trinajstić information content (AvgIpc) is 3.34. The second kappa shape index (κ2) is 11.1. The molecular formula is C29H29N3O5. The summed E-state index contributed by atoms with van der Waals surface area (Å²) in [5.74, 6) is -0.440. The fourth-order valence-electron chi connectivity index (χ4n) is 4.26. The summed E-state index contributed by atoms with van der Waals surface area (Å²) >= 11 is 0. The van der Waals surface area contributed by atoms with Crippen molar-refractivity contribution in [1.29, 1.82) is 0 Å². The van der Waals surface area contributed by atoms with Crippen LogP contribution < -0.4 is 4.74 Å². The number of rotatable bonds is 8. The number of ether oxygens (including phenoxy) is 3. The zero-order valence-corrected chi connectivity index (χ0v) is 21.6. The Morgan fingerprint density at radius 2 is 1.41 bits per heavy atom. The van der Waals surface area contributed by atoms with Crippen LogP contribution in [0.15, 0.2) is 60.8 Å². The maximum absolute atomic E-state index is 13.3. The topological polar surface area (TPSA) is 92.5 Å². The number of pyridine rings is 1. The van der Waals surface area contributed by atoms with Gasteiger partial charge in [-0.1, -0.05) is 18.2 Å². The number of hydrogen-bond acceptors (Lipinski definition) is 7. The number of esters is 2. The van der Waals surface area contributed by atoms with Gasteiger partial charge in [0.25, 0.3) is 0 Å². The number of para-hydroxylation sites is 1. The van der Waals surface area contributed by atoms with Gasteiger partial charge in [0.1, 0.15) is 11.4 Å². The van der Waals surface area contributed by atoms with Gasteiger partial charge in [-0.2, -0.15) is 5.10 Å². The first-order valence-electron chi connectivity index (χ1n) is 12.0. The third-order valence-electron chi connectivity index (χ3n) is 5.89. The Kier molecular flexibility index (Phi) is 7.67. The van der Waals surface area contributed by atoms with Crippen molar-refractivity contribution < 1.29 is 23.8 Å². The Hall–Kier alpha value is -4.46. The van der Waals surface area contributed by atoms with E-state index >= 15 is 0 Å². The Morgan fingerprint density at radius 1 is 0.838 bits per heavy atom. The second-order valence-corrected chi connectivity index (χ2v) is 8.25. The lowest BCUT2D eigenvalue weighted by molar-refractivity contribution is 0.0525. The number of hydrogen-bond donors (Lipinski definition) is 0. The molecule has 0 aliphatic heterocycles. The molecule has 4 rings (SSSR count). The van der Waals surface area contributed by atoms with E-state index in [0.717, 1.165) is 11.3 Å². The zero-order valence-electron chi connectivity index (χ0n) is 21.6. The summed E-state index contributed by atoms with van der Waals surface area (Å²) in [5.41, 5.74) is 4.45. The lowest BCUT2D eigenvalue weighted by Gasteiger charge is -2.17. The first-order chi connectivity index (χ1) is 17.9. The molecule has 0 atom stereocenters. The van der Waals surface area contributed by atoms with Crippen LogP contribution in [-0.2, 0) is 9.47 Å². The summed E-state index contributed by atoms with van der Waals surface area (Å²) in [4.78, 5) is 31.0. The average molecular weight is 500 g/mol. The van der Waals surface area contributed by atoms with E-state index in [2.05, 4.69) is 4.98 Å². The van der Waals surface area contributed by atoms with E-state index in [4.69, 9.17) is 19.3 Å². The largest absolute Gasteiger partial charge is 0.497 e. The highest BCUT2D eigenvalue weighted by Crippen LogP contribution is 2.39. The smallest absolute Gasteiger partial charge is 0.340 e. The van der Waals surface area contributed by atoms with Crippen LogP contribution in [0.3, 0.4) is 0 Å². The third-order valence-corrected chi connectivity index (χ3v) is 5.89. The fourth-order valence-corrected chi connectivity index (χ4v) is 4.26. The molecule has 190 valence electrons. The van der Waals surface area contributed by atoms with Gasteiger partial charge in [-0.15, -0.1) is 0 Å². The van der Waals surface area contributed by atoms with Gasteiger partial charge < -0.3 is 14.2 Å². The van der Waals surface area contributed by atoms with Crippen LogP contribution in [0.5, 0.6) is 5.75 Å². The summed E-state index contributed by atoms with van der Waals surface area (Å²) < 4.78 is 17.8. The predicted octanol–water partition coefficient (Wildman–Crippen LogP) is 5.58. The number of carbonyl (C=O) groups excluding carboxylic acids is 2. The van der Waals surface area contributed by atoms with Gasteiger partial charge >= 0.3 is 11.9 Å². The molecule has 2 aromatic heterocycles. The molecule has 0 aliphatic carbocycles. The predicted molar refractivity (Wildman–Crippen MR) is 140 cm³/mol. The summed E-state index contributed by atoms with van der Waals surface area (Å²) in [6, 6.07) is 17.0. The molecule has 0 saturated heterocycles. The van der Waals surface area contributed by atoms with Crippen molar-refractivity contribution in [2.75, 3.05) is 20.3 Å². The van der Waals surface area contributed by atoms with E-state index in [9.17, 15) is 9.59 Å². The number of nitrogens with zero attached hydrogens (tertiary/aromatic N) is 3. The van der Waals surface area contributed by atoms with E-state index in [-0.39, 0.29) is 24.3 Å². The Labute approximate surface area is 215 Å². The van der Waals surface area contributed by atoms with Gasteiger partial charge in [-0.25, -0.2) is 14.3 Å². The SMILES string of the molecule is CCOC(=O)c1c(C)nc(C)c(C(=O)OCC)c1-c1cn(-c2ccccc2)nc1-c1ccc(OC)cc1. The van der Waals surface area contributed by atoms with Crippen molar-refractivity contribution in [2.45, 2.75) is 27.7 Å². The van der Waals surface area contributed by atoms with Crippen LogP contribution in [0.2, 0.25) is 0 Å². The molecule has 8 heteroatoms. The summed E-state index contributed by atoms with van der Waals surface area (Å²) in [6.45, 7) is 7.27. The molecule has 2 aromatic carbocycles. The van der Waals surface area contributed by atoms with E-state index in [0.29, 0.717) is 34.0 Å². The first kappa shape index (κ1) is 25.6. The van der Waals surface area contributed by atoms with Crippen LogP contribution in [0.1, 0.15) is 46.0 Å². The molecule has 8 nitrogen and oxygen atoms in total. The van der Waals surface area contributed by atoms with Crippen LogP contribution in [0.25, 0.3) is 28.1 Å². The van der Waals surface area contributed by atoms with E-state index in [1.807, 2.05) is 60.8 Å². The van der Waals surface area contributed by atoms with Crippen molar-refractivity contribution in [2.24, 2.45) is 0 Å². The zero-order chi connectivity index (χ0) is 26.5. The monoisotopic (exact) mass is 499 g/mol. The standard InChI is InChI=1S/C29H29N3O5/c1-6-36-28(33)24-18(3)30-19(4)25(29(34)37-7-2)26(24)23-17-32(21-11-9-8-10-12-21)31-27(23)20-13-15-22(35-5)16-14-20/h8-17H,6-7H2,1-5H3. The molecule has 0 amide bonds. The molecule has 2 heterocycles. The third kappa shape index (κ3) is 5.09. The molecule has 4 aromatic rings. The molecule has 0 bridgehead atoms. The highest BCUT2D eigenvalue weighted by Gasteiger charge is 2.31. The molecule has 37 heavy (non-hydrogen) atoms. The van der Waals surface area contributed by atoms with Crippen LogP contribution in [0, 0.1) is 13.8 Å². The van der Waals surface area contributed by atoms with Gasteiger partial charge in [-0.05, 0) is 64.1 Å². The summed E-state index contributed by atoms with van der Waals surface area (Å²) in [7, 11) is 1.60. The second-order valence-electron chi connectivity index (χ2n) is 8.25. The van der Waals surface area contributed by atoms with Gasteiger partial charge in [0, 0.05) is 22.9 Å². The lowest BCUT2D eigenvalue weighted by Crippen LogP contribution is -2.17. The Bertz CT molecular complexity index is 1380. The van der Waals surface area contributed by atoms with Gasteiger partial charge in [0.2, 0.25) is 0 Å². The number of aromatic nitrogens is 3. The molecule has 0 unspecified atom stereocenters. The van der Waals surface area contributed by atoms with E-state index in [1.165, 1.54) is 0 Å². The molecule has 0 spiro atoms. The molecular weight excluding hydrogens is 470 g/mol. The maximum atomic E-state index is 13.3. The lowest BCUT2D eigenvalue weighted by atomic mass is 9.91. The first-order valence-corrected chi connectivity index (χ1v) is 12.0. The summed E-state index contributed by atoms with van der Waals surface area (Å²) in [5, 5.41) is 4.89. The van der Waals surface area contributed by atoms with Crippen molar-refractivity contribution in [3.63, 3.8) is 0 Å². The quantitative estimate of drug-likeness (QED) is 0.292. The molecule has 0 radical (unpaired) electrons. The number of carbonyl (C=O) groups is 2. The van der Waals surface area contributed by atoms with E-state index in [1.54, 1.807) is 39.5 Å². The molecule has 0 saturated carbocycles. The van der Waals surface area contributed by atoms with Crippen molar-refractivity contribution in [3.8, 4) is 33.8 Å². The number of aryl methyl sites for hydroxylation is 2. The minimum absolute atomic E-state index is 0.176. The fraction of sp³-hybridized carbons (Fsp3) is 0.241. The van der Waals surface area contributed by atoms with Gasteiger partial charge in [0.15, 0.2) is 0 Å². The van der Waals surface area contributed by atoms with Gasteiger partial charge in [0.05, 0.1) is 48.5 Å². The number of methoxy groups -OCH3 is 1. The van der Waals surface area contributed by atoms with Crippen LogP contribution in [-0.4, -0.2) is 47.0 Å². The van der Waals surface area contributed by atoms with Crippen molar-refractivity contribution >= 4 is 11.9 Å². The molecule has 0 aliphatic rings. The van der Waals surface area contributed by atoms with Crippen LogP contribution in [0.4, 0.5) is 0 Å². The van der Waals surface area contributed by atoms with Crippen LogP contribution >= 0.6 is 0 Å². The number of benzene rings is 2. The summed E-state index contributed by atoms with van der Waals surface area (Å²) in [6.07, 6.45) is 1.81. The highest BCUT2D eigenvalue weighted by molar-refractivity contribution is 6.08. The molecule has 0 N–H and O–H groups in total. The van der Waals surface area contributed by atoms with Crippen molar-refractivity contribution in [3.05, 3.63) is 83.3 Å². The minimum atomic E-state index is -0.568. The minimum Gasteiger partial charge on any atom is -0.497 e. The Morgan fingerprint density at radius 3 is 1.92 bits per heavy atom. The maximum Gasteiger partial charge on any atom is 0.340 e. The molecule has 0 fully saturated rings. The Balaban J connectivity index is 2.09.